The van der Waals surface area contributed by atoms with Gasteiger partial charge in [0.05, 0.1) is 12.1 Å². The van der Waals surface area contributed by atoms with E-state index in [2.05, 4.69) is 4.98 Å². The number of hydrogen-bond acceptors (Lipinski definition) is 3. The SMILES string of the molecule is Cc1oc(CCC(=O)O)nc1Cc1ccccc1. The second-order valence-electron chi connectivity index (χ2n) is 4.17. The highest BCUT2D eigenvalue weighted by molar-refractivity contribution is 5.66. The molecule has 1 heterocycles. The molecule has 0 amide bonds. The first-order valence-corrected chi connectivity index (χ1v) is 5.86. The maximum absolute atomic E-state index is 10.5. The number of carbonyl (C=O) groups is 1. The lowest BCUT2D eigenvalue weighted by molar-refractivity contribution is -0.137. The lowest BCUT2D eigenvalue weighted by Gasteiger charge is -1.97. The Hall–Kier alpha value is -2.10. The number of nitrogens with zero attached hydrogens (tertiary/aromatic N) is 1. The van der Waals surface area contributed by atoms with Gasteiger partial charge in [-0.2, -0.15) is 0 Å². The third-order valence-corrected chi connectivity index (χ3v) is 2.70. The maximum atomic E-state index is 10.5. The Balaban J connectivity index is 2.07. The Kier molecular flexibility index (Phi) is 3.77. The molecule has 2 rings (SSSR count). The molecule has 0 bridgehead atoms. The molecule has 94 valence electrons. The van der Waals surface area contributed by atoms with Gasteiger partial charge in [0.25, 0.3) is 0 Å². The molecule has 0 aliphatic carbocycles. The van der Waals surface area contributed by atoms with E-state index in [9.17, 15) is 4.79 Å². The van der Waals surface area contributed by atoms with Crippen molar-refractivity contribution in [3.05, 3.63) is 53.2 Å². The van der Waals surface area contributed by atoms with E-state index in [1.807, 2.05) is 37.3 Å². The van der Waals surface area contributed by atoms with E-state index in [1.165, 1.54) is 5.56 Å². The molecular weight excluding hydrogens is 230 g/mol. The van der Waals surface area contributed by atoms with Crippen molar-refractivity contribution in [1.82, 2.24) is 4.98 Å². The third kappa shape index (κ3) is 3.20. The second-order valence-corrected chi connectivity index (χ2v) is 4.17. The zero-order valence-electron chi connectivity index (χ0n) is 10.2. The molecule has 18 heavy (non-hydrogen) atoms. The summed E-state index contributed by atoms with van der Waals surface area (Å²) in [5.41, 5.74) is 2.04. The van der Waals surface area contributed by atoms with E-state index >= 15 is 0 Å². The molecule has 0 unspecified atom stereocenters. The molecule has 0 fully saturated rings. The minimum Gasteiger partial charge on any atom is -0.481 e. The summed E-state index contributed by atoms with van der Waals surface area (Å²) in [6.45, 7) is 1.86. The second kappa shape index (κ2) is 5.49. The van der Waals surface area contributed by atoms with Gasteiger partial charge in [0, 0.05) is 12.8 Å². The van der Waals surface area contributed by atoms with Crippen molar-refractivity contribution in [2.45, 2.75) is 26.2 Å². The van der Waals surface area contributed by atoms with Crippen LogP contribution in [0.5, 0.6) is 0 Å². The number of rotatable bonds is 5. The first kappa shape index (κ1) is 12.4. The maximum Gasteiger partial charge on any atom is 0.303 e. The van der Waals surface area contributed by atoms with Crippen LogP contribution in [0.4, 0.5) is 0 Å². The number of carboxylic acid groups (broad SMARTS) is 1. The summed E-state index contributed by atoms with van der Waals surface area (Å²) < 4.78 is 5.46. The zero-order valence-corrected chi connectivity index (χ0v) is 10.2. The van der Waals surface area contributed by atoms with Crippen LogP contribution in [-0.2, 0) is 17.6 Å². The highest BCUT2D eigenvalue weighted by Crippen LogP contribution is 2.15. The minimum absolute atomic E-state index is 0.0464. The Bertz CT molecular complexity index is 531. The van der Waals surface area contributed by atoms with Gasteiger partial charge in [-0.1, -0.05) is 30.3 Å². The topological polar surface area (TPSA) is 63.3 Å². The van der Waals surface area contributed by atoms with Crippen molar-refractivity contribution in [1.29, 1.82) is 0 Å². The van der Waals surface area contributed by atoms with Crippen molar-refractivity contribution in [3.8, 4) is 0 Å². The molecule has 0 radical (unpaired) electrons. The molecular formula is C14H15NO3. The van der Waals surface area contributed by atoms with Gasteiger partial charge in [0.15, 0.2) is 5.89 Å². The molecule has 0 saturated heterocycles. The summed E-state index contributed by atoms with van der Waals surface area (Å²) in [4.78, 5) is 14.8. The summed E-state index contributed by atoms with van der Waals surface area (Å²) in [6.07, 6.45) is 1.10. The zero-order chi connectivity index (χ0) is 13.0. The van der Waals surface area contributed by atoms with Gasteiger partial charge in [0.2, 0.25) is 0 Å². The van der Waals surface area contributed by atoms with Crippen LogP contribution < -0.4 is 0 Å². The predicted octanol–water partition coefficient (Wildman–Crippen LogP) is 2.59. The van der Waals surface area contributed by atoms with E-state index in [4.69, 9.17) is 9.52 Å². The predicted molar refractivity (Wildman–Crippen MR) is 66.4 cm³/mol. The number of aromatic nitrogens is 1. The van der Waals surface area contributed by atoms with Gasteiger partial charge >= 0.3 is 5.97 Å². The fourth-order valence-electron chi connectivity index (χ4n) is 1.76. The number of carboxylic acids is 1. The minimum atomic E-state index is -0.838. The van der Waals surface area contributed by atoms with Crippen molar-refractivity contribution < 1.29 is 14.3 Å². The molecule has 4 heteroatoms. The standard InChI is InChI=1S/C14H15NO3/c1-10-12(9-11-5-3-2-4-6-11)15-13(18-10)7-8-14(16)17/h2-6H,7-9H2,1H3,(H,16,17). The highest BCUT2D eigenvalue weighted by Gasteiger charge is 2.11. The Morgan fingerprint density at radius 3 is 2.72 bits per heavy atom. The van der Waals surface area contributed by atoms with Gasteiger partial charge in [-0.25, -0.2) is 4.98 Å². The van der Waals surface area contributed by atoms with Crippen LogP contribution >= 0.6 is 0 Å². The molecule has 0 atom stereocenters. The van der Waals surface area contributed by atoms with Crippen LogP contribution in [0.25, 0.3) is 0 Å². The molecule has 2 aromatic rings. The van der Waals surface area contributed by atoms with Gasteiger partial charge in [-0.15, -0.1) is 0 Å². The van der Waals surface area contributed by atoms with E-state index in [0.717, 1.165) is 11.5 Å². The van der Waals surface area contributed by atoms with Crippen molar-refractivity contribution in [2.75, 3.05) is 0 Å². The Labute approximate surface area is 105 Å². The normalized spacial score (nSPS) is 10.5. The lowest BCUT2D eigenvalue weighted by Crippen LogP contribution is -1.98. The average molecular weight is 245 g/mol. The van der Waals surface area contributed by atoms with E-state index < -0.39 is 5.97 Å². The van der Waals surface area contributed by atoms with Crippen LogP contribution in [-0.4, -0.2) is 16.1 Å². The summed E-state index contributed by atoms with van der Waals surface area (Å²) in [5, 5.41) is 8.62. The summed E-state index contributed by atoms with van der Waals surface area (Å²) >= 11 is 0. The number of oxazole rings is 1. The largest absolute Gasteiger partial charge is 0.481 e. The molecule has 4 nitrogen and oxygen atoms in total. The average Bonchev–Trinajstić information content (AvgIpc) is 2.69. The van der Waals surface area contributed by atoms with Gasteiger partial charge in [0.1, 0.15) is 5.76 Å². The number of aliphatic carboxylic acids is 1. The fraction of sp³-hybridized carbons (Fsp3) is 0.286. The Morgan fingerprint density at radius 1 is 1.33 bits per heavy atom. The Morgan fingerprint density at radius 2 is 2.06 bits per heavy atom. The number of hydrogen-bond donors (Lipinski definition) is 1. The third-order valence-electron chi connectivity index (χ3n) is 2.70. The van der Waals surface area contributed by atoms with Crippen LogP contribution in [0.2, 0.25) is 0 Å². The molecule has 1 aromatic carbocycles. The molecule has 1 N–H and O–H groups in total. The smallest absolute Gasteiger partial charge is 0.303 e. The van der Waals surface area contributed by atoms with E-state index in [-0.39, 0.29) is 6.42 Å². The van der Waals surface area contributed by atoms with Crippen molar-refractivity contribution >= 4 is 5.97 Å². The van der Waals surface area contributed by atoms with Gasteiger partial charge < -0.3 is 9.52 Å². The number of aryl methyl sites for hydroxylation is 2. The summed E-state index contributed by atoms with van der Waals surface area (Å²) in [6, 6.07) is 10.00. The van der Waals surface area contributed by atoms with Crippen LogP contribution in [0, 0.1) is 6.92 Å². The van der Waals surface area contributed by atoms with E-state index in [1.54, 1.807) is 0 Å². The highest BCUT2D eigenvalue weighted by atomic mass is 16.4. The molecule has 0 saturated carbocycles. The van der Waals surface area contributed by atoms with Crippen LogP contribution in [0.3, 0.4) is 0 Å². The van der Waals surface area contributed by atoms with Gasteiger partial charge in [-0.3, -0.25) is 4.79 Å². The first-order chi connectivity index (χ1) is 8.65. The first-order valence-electron chi connectivity index (χ1n) is 5.86. The molecule has 0 spiro atoms. The van der Waals surface area contributed by atoms with Crippen LogP contribution in [0.1, 0.15) is 29.3 Å². The number of benzene rings is 1. The molecule has 0 aliphatic heterocycles. The molecule has 0 aliphatic rings. The summed E-state index contributed by atoms with van der Waals surface area (Å²) in [5.74, 6) is 0.426. The van der Waals surface area contributed by atoms with Gasteiger partial charge in [-0.05, 0) is 12.5 Å². The lowest BCUT2D eigenvalue weighted by atomic mass is 10.1. The quantitative estimate of drug-likeness (QED) is 0.879. The molecule has 1 aromatic heterocycles. The fourth-order valence-corrected chi connectivity index (χ4v) is 1.76. The van der Waals surface area contributed by atoms with Crippen molar-refractivity contribution in [3.63, 3.8) is 0 Å². The van der Waals surface area contributed by atoms with Crippen LogP contribution in [0.15, 0.2) is 34.7 Å². The van der Waals surface area contributed by atoms with E-state index in [0.29, 0.717) is 18.7 Å². The monoisotopic (exact) mass is 245 g/mol. The van der Waals surface area contributed by atoms with Crippen molar-refractivity contribution in [2.24, 2.45) is 0 Å². The summed E-state index contributed by atoms with van der Waals surface area (Å²) in [7, 11) is 0.